The Morgan fingerprint density at radius 2 is 1.74 bits per heavy atom. The van der Waals surface area contributed by atoms with E-state index >= 15 is 0 Å². The van der Waals surface area contributed by atoms with E-state index in [4.69, 9.17) is 26.5 Å². The lowest BCUT2D eigenvalue weighted by Gasteiger charge is -2.37. The molecule has 0 bridgehead atoms. The summed E-state index contributed by atoms with van der Waals surface area (Å²) in [7, 11) is 0. The maximum Gasteiger partial charge on any atom is 0.258 e. The zero-order chi connectivity index (χ0) is 24.2. The highest BCUT2D eigenvalue weighted by atomic mass is 32.1. The normalized spacial score (nSPS) is 15.8. The molecule has 3 aromatic carbocycles. The Labute approximate surface area is 210 Å². The summed E-state index contributed by atoms with van der Waals surface area (Å²) in [5, 5.41) is 8.42. The van der Waals surface area contributed by atoms with Crippen molar-refractivity contribution in [3.05, 3.63) is 108 Å². The van der Waals surface area contributed by atoms with E-state index in [-0.39, 0.29) is 6.04 Å². The second kappa shape index (κ2) is 10.1. The van der Waals surface area contributed by atoms with E-state index in [1.165, 1.54) is 0 Å². The number of nitrogens with one attached hydrogen (secondary N) is 1. The van der Waals surface area contributed by atoms with Crippen molar-refractivity contribution in [3.63, 3.8) is 0 Å². The second-order valence-electron chi connectivity index (χ2n) is 8.25. The Morgan fingerprint density at radius 3 is 2.49 bits per heavy atom. The molecule has 1 aromatic heterocycles. The van der Waals surface area contributed by atoms with E-state index in [0.29, 0.717) is 30.0 Å². The Morgan fingerprint density at radius 1 is 1.00 bits per heavy atom. The van der Waals surface area contributed by atoms with Crippen molar-refractivity contribution in [1.82, 2.24) is 20.4 Å². The van der Waals surface area contributed by atoms with Crippen molar-refractivity contribution in [3.8, 4) is 17.1 Å². The van der Waals surface area contributed by atoms with Crippen LogP contribution in [0.5, 0.6) is 5.75 Å². The van der Waals surface area contributed by atoms with Gasteiger partial charge in [0.1, 0.15) is 5.75 Å². The van der Waals surface area contributed by atoms with Gasteiger partial charge in [-0.1, -0.05) is 78.0 Å². The van der Waals surface area contributed by atoms with Gasteiger partial charge in [-0.05, 0) is 49.3 Å². The molecule has 1 unspecified atom stereocenters. The highest BCUT2D eigenvalue weighted by molar-refractivity contribution is 7.80. The summed E-state index contributed by atoms with van der Waals surface area (Å²) in [4.78, 5) is 6.84. The first kappa shape index (κ1) is 22.8. The summed E-state index contributed by atoms with van der Waals surface area (Å²) in [5.74, 6) is 1.87. The number of rotatable bonds is 7. The lowest BCUT2D eigenvalue weighted by molar-refractivity contribution is 0.339. The minimum absolute atomic E-state index is 0.209. The van der Waals surface area contributed by atoms with Crippen LogP contribution in [-0.2, 0) is 6.54 Å². The first-order valence-electron chi connectivity index (χ1n) is 11.6. The van der Waals surface area contributed by atoms with Crippen molar-refractivity contribution in [1.29, 1.82) is 0 Å². The first-order valence-corrected chi connectivity index (χ1v) is 12.0. The average Bonchev–Trinajstić information content (AvgIpc) is 3.37. The van der Waals surface area contributed by atoms with Crippen LogP contribution in [0.4, 0.5) is 0 Å². The fourth-order valence-electron chi connectivity index (χ4n) is 4.26. The number of ether oxygens (including phenoxy) is 1. The van der Waals surface area contributed by atoms with Crippen molar-refractivity contribution < 1.29 is 9.26 Å². The lowest BCUT2D eigenvalue weighted by Crippen LogP contribution is -2.45. The Hall–Kier alpha value is -3.97. The van der Waals surface area contributed by atoms with E-state index in [2.05, 4.69) is 40.5 Å². The van der Waals surface area contributed by atoms with Crippen LogP contribution in [0.15, 0.2) is 95.1 Å². The number of benzene rings is 3. The third-order valence-electron chi connectivity index (χ3n) is 5.97. The summed E-state index contributed by atoms with van der Waals surface area (Å²) in [6.07, 6.45) is 0. The van der Waals surface area contributed by atoms with Gasteiger partial charge in [-0.3, -0.25) is 0 Å². The summed E-state index contributed by atoms with van der Waals surface area (Å²) in [6.45, 7) is 5.24. The number of hydrogen-bond acceptors (Lipinski definition) is 5. The number of nitrogens with zero attached hydrogens (tertiary/aromatic N) is 3. The van der Waals surface area contributed by atoms with Gasteiger partial charge in [0.15, 0.2) is 5.11 Å². The van der Waals surface area contributed by atoms with Gasteiger partial charge in [0.2, 0.25) is 5.82 Å². The Balaban J connectivity index is 1.56. The van der Waals surface area contributed by atoms with Gasteiger partial charge in [-0.25, -0.2) is 0 Å². The molecular weight excluding hydrogens is 456 g/mol. The van der Waals surface area contributed by atoms with Crippen LogP contribution < -0.4 is 10.1 Å². The van der Waals surface area contributed by atoms with Crippen molar-refractivity contribution in [2.75, 3.05) is 6.61 Å². The van der Waals surface area contributed by atoms with E-state index in [1.807, 2.05) is 73.7 Å². The van der Waals surface area contributed by atoms with Crippen LogP contribution >= 0.6 is 12.2 Å². The Kier molecular flexibility index (Phi) is 6.59. The molecular formula is C28H26N4O2S. The van der Waals surface area contributed by atoms with Gasteiger partial charge in [0, 0.05) is 11.3 Å². The molecule has 2 heterocycles. The molecule has 0 saturated carbocycles. The number of thiocarbonyl (C=S) groups is 1. The largest absolute Gasteiger partial charge is 0.494 e. The fourth-order valence-corrected chi connectivity index (χ4v) is 4.58. The van der Waals surface area contributed by atoms with Crippen LogP contribution in [0.1, 0.15) is 36.9 Å². The predicted octanol–water partition coefficient (Wildman–Crippen LogP) is 6.00. The predicted molar refractivity (Wildman–Crippen MR) is 140 cm³/mol. The van der Waals surface area contributed by atoms with Crippen LogP contribution in [0.3, 0.4) is 0 Å². The number of aromatic nitrogens is 2. The SMILES string of the molecule is CCOc1cccc(CN2C(=S)NC(c3ccccc3)C(c3nc(-c4ccccc4)no3)=C2C)c1. The molecule has 35 heavy (non-hydrogen) atoms. The molecule has 7 heteroatoms. The summed E-state index contributed by atoms with van der Waals surface area (Å²) in [6, 6.07) is 27.9. The number of hydrogen-bond donors (Lipinski definition) is 1. The molecule has 0 aliphatic carbocycles. The fraction of sp³-hybridized carbons (Fsp3) is 0.179. The van der Waals surface area contributed by atoms with Gasteiger partial charge in [0.05, 0.1) is 24.8 Å². The van der Waals surface area contributed by atoms with Crippen LogP contribution in [0, 0.1) is 0 Å². The standard InChI is InChI=1S/C28H26N4O2S/c1-3-33-23-16-10-11-20(17-23)18-32-19(2)24(25(29-28(32)35)21-12-6-4-7-13-21)27-30-26(31-34-27)22-14-8-5-9-15-22/h4-17,25H,3,18H2,1-2H3,(H,29,35). The van der Waals surface area contributed by atoms with Gasteiger partial charge in [-0.2, -0.15) is 4.98 Å². The van der Waals surface area contributed by atoms with E-state index in [0.717, 1.165) is 33.7 Å². The van der Waals surface area contributed by atoms with Crippen molar-refractivity contribution >= 4 is 22.9 Å². The van der Waals surface area contributed by atoms with E-state index in [1.54, 1.807) is 0 Å². The summed E-state index contributed by atoms with van der Waals surface area (Å²) < 4.78 is 11.5. The maximum atomic E-state index is 5.83. The van der Waals surface area contributed by atoms with Crippen LogP contribution in [0.2, 0.25) is 0 Å². The molecule has 6 nitrogen and oxygen atoms in total. The quantitative estimate of drug-likeness (QED) is 0.324. The molecule has 0 fully saturated rings. The third-order valence-corrected chi connectivity index (χ3v) is 6.31. The van der Waals surface area contributed by atoms with Crippen molar-refractivity contribution in [2.45, 2.75) is 26.4 Å². The summed E-state index contributed by atoms with van der Waals surface area (Å²) in [5.41, 5.74) is 4.93. The van der Waals surface area contributed by atoms with E-state index < -0.39 is 0 Å². The molecule has 0 saturated heterocycles. The second-order valence-corrected chi connectivity index (χ2v) is 8.63. The highest BCUT2D eigenvalue weighted by Gasteiger charge is 2.34. The molecule has 1 aliphatic heterocycles. The van der Waals surface area contributed by atoms with Crippen LogP contribution in [0.25, 0.3) is 17.0 Å². The first-order chi connectivity index (χ1) is 17.1. The Bertz CT molecular complexity index is 1350. The van der Waals surface area contributed by atoms with Gasteiger partial charge in [-0.15, -0.1) is 0 Å². The zero-order valence-corrected chi connectivity index (χ0v) is 20.5. The smallest absolute Gasteiger partial charge is 0.258 e. The van der Waals surface area contributed by atoms with Gasteiger partial charge < -0.3 is 19.5 Å². The maximum absolute atomic E-state index is 5.83. The lowest BCUT2D eigenvalue weighted by atomic mass is 9.94. The third kappa shape index (κ3) is 4.81. The van der Waals surface area contributed by atoms with Gasteiger partial charge in [0.25, 0.3) is 5.89 Å². The van der Waals surface area contributed by atoms with Crippen LogP contribution in [-0.4, -0.2) is 26.8 Å². The van der Waals surface area contributed by atoms with Crippen molar-refractivity contribution in [2.24, 2.45) is 0 Å². The molecule has 1 atom stereocenters. The number of allylic oxidation sites excluding steroid dienone is 1. The minimum Gasteiger partial charge on any atom is -0.494 e. The molecule has 0 radical (unpaired) electrons. The molecule has 1 aliphatic rings. The highest BCUT2D eigenvalue weighted by Crippen LogP contribution is 2.38. The molecule has 5 rings (SSSR count). The molecule has 0 amide bonds. The molecule has 4 aromatic rings. The molecule has 1 N–H and O–H groups in total. The summed E-state index contributed by atoms with van der Waals surface area (Å²) >= 11 is 5.83. The zero-order valence-electron chi connectivity index (χ0n) is 19.6. The van der Waals surface area contributed by atoms with E-state index in [9.17, 15) is 0 Å². The van der Waals surface area contributed by atoms with Gasteiger partial charge >= 0.3 is 0 Å². The average molecular weight is 483 g/mol. The molecule has 176 valence electrons. The molecule has 0 spiro atoms. The monoisotopic (exact) mass is 482 g/mol. The minimum atomic E-state index is -0.209. The topological polar surface area (TPSA) is 63.4 Å².